The summed E-state index contributed by atoms with van der Waals surface area (Å²) in [6, 6.07) is 3.49. The Morgan fingerprint density at radius 1 is 1.48 bits per heavy atom. The van der Waals surface area contributed by atoms with Crippen molar-refractivity contribution in [2.45, 2.75) is 37.9 Å². The third-order valence-corrected chi connectivity index (χ3v) is 4.03. The first-order chi connectivity index (χ1) is 10.0. The Labute approximate surface area is 125 Å². The van der Waals surface area contributed by atoms with Crippen molar-refractivity contribution in [3.63, 3.8) is 0 Å². The van der Waals surface area contributed by atoms with Crippen molar-refractivity contribution in [1.29, 1.82) is 0 Å². The van der Waals surface area contributed by atoms with Gasteiger partial charge in [0, 0.05) is 19.5 Å². The number of guanidine groups is 1. The second-order valence-corrected chi connectivity index (χ2v) is 5.82. The normalized spacial score (nSPS) is 25.6. The lowest BCUT2D eigenvalue weighted by molar-refractivity contribution is 0.0385. The van der Waals surface area contributed by atoms with Gasteiger partial charge in [-0.2, -0.15) is 0 Å². The van der Waals surface area contributed by atoms with Crippen LogP contribution >= 0.6 is 0 Å². The molecule has 0 aliphatic heterocycles. The molecule has 1 aromatic heterocycles. The Morgan fingerprint density at radius 2 is 2.29 bits per heavy atom. The monoisotopic (exact) mass is 295 g/mol. The smallest absolute Gasteiger partial charge is 0.191 e. The lowest BCUT2D eigenvalue weighted by atomic mass is 10.0. The van der Waals surface area contributed by atoms with Gasteiger partial charge in [-0.05, 0) is 31.9 Å². The van der Waals surface area contributed by atoms with Crippen LogP contribution in [-0.4, -0.2) is 42.4 Å². The van der Waals surface area contributed by atoms with E-state index in [2.05, 4.69) is 15.6 Å². The number of aliphatic hydroxyl groups excluding tert-OH is 1. The molecule has 2 rings (SSSR count). The molecule has 3 unspecified atom stereocenters. The molecule has 1 heterocycles. The molecule has 4 N–H and O–H groups in total. The van der Waals surface area contributed by atoms with Crippen LogP contribution in [0.25, 0.3) is 0 Å². The highest BCUT2D eigenvalue weighted by Crippen LogP contribution is 2.24. The Bertz CT molecular complexity index is 457. The molecule has 0 saturated heterocycles. The zero-order valence-corrected chi connectivity index (χ0v) is 12.7. The number of nitrogens with zero attached hydrogens (tertiary/aromatic N) is 1. The van der Waals surface area contributed by atoms with Crippen molar-refractivity contribution < 1.29 is 14.6 Å². The molecular formula is C15H25N3O3. The van der Waals surface area contributed by atoms with Gasteiger partial charge in [-0.25, -0.2) is 0 Å². The van der Waals surface area contributed by atoms with E-state index in [-0.39, 0.29) is 18.6 Å². The second-order valence-electron chi connectivity index (χ2n) is 5.82. The molecule has 1 aliphatic rings. The fourth-order valence-electron chi connectivity index (χ4n) is 2.63. The number of furan rings is 1. The van der Waals surface area contributed by atoms with Crippen LogP contribution < -0.4 is 10.6 Å². The van der Waals surface area contributed by atoms with E-state index in [1.54, 1.807) is 32.4 Å². The third kappa shape index (κ3) is 4.22. The van der Waals surface area contributed by atoms with Gasteiger partial charge in [-0.15, -0.1) is 0 Å². The van der Waals surface area contributed by atoms with E-state index in [1.807, 2.05) is 0 Å². The van der Waals surface area contributed by atoms with Gasteiger partial charge in [0.05, 0.1) is 18.9 Å². The molecule has 0 spiro atoms. The van der Waals surface area contributed by atoms with Gasteiger partial charge in [0.15, 0.2) is 5.96 Å². The molecule has 1 aliphatic carbocycles. The summed E-state index contributed by atoms with van der Waals surface area (Å²) in [4.78, 5) is 4.13. The predicted molar refractivity (Wildman–Crippen MR) is 81.0 cm³/mol. The fraction of sp³-hybridized carbons (Fsp3) is 0.667. The minimum Gasteiger partial charge on any atom is -0.466 e. The van der Waals surface area contributed by atoms with Gasteiger partial charge in [0.1, 0.15) is 11.4 Å². The molecule has 1 fully saturated rings. The molecule has 0 bridgehead atoms. The molecule has 1 saturated carbocycles. The van der Waals surface area contributed by atoms with Crippen molar-refractivity contribution in [2.24, 2.45) is 10.9 Å². The van der Waals surface area contributed by atoms with E-state index in [4.69, 9.17) is 4.42 Å². The van der Waals surface area contributed by atoms with Gasteiger partial charge in [-0.3, -0.25) is 4.99 Å². The van der Waals surface area contributed by atoms with Gasteiger partial charge in [-0.1, -0.05) is 6.42 Å². The zero-order valence-electron chi connectivity index (χ0n) is 12.7. The van der Waals surface area contributed by atoms with Crippen LogP contribution in [-0.2, 0) is 5.60 Å². The minimum atomic E-state index is -1.10. The molecule has 118 valence electrons. The summed E-state index contributed by atoms with van der Waals surface area (Å²) in [5.41, 5.74) is -1.10. The maximum atomic E-state index is 10.4. The third-order valence-electron chi connectivity index (χ3n) is 4.03. The average molecular weight is 295 g/mol. The maximum absolute atomic E-state index is 10.4. The van der Waals surface area contributed by atoms with Crippen molar-refractivity contribution in [2.75, 3.05) is 20.1 Å². The number of hydrogen-bond acceptors (Lipinski definition) is 4. The van der Waals surface area contributed by atoms with Crippen LogP contribution in [0.4, 0.5) is 0 Å². The number of hydrogen-bond donors (Lipinski definition) is 4. The van der Waals surface area contributed by atoms with Crippen LogP contribution in [0, 0.1) is 5.92 Å². The van der Waals surface area contributed by atoms with Gasteiger partial charge in [0.25, 0.3) is 0 Å². The standard InChI is InChI=1S/C15H25N3O3/c1-15(20,13-7-4-8-21-13)10-18-14(16-2)17-9-11-5-3-6-12(11)19/h4,7-8,11-12,19-20H,3,5-6,9-10H2,1-2H3,(H2,16,17,18). The van der Waals surface area contributed by atoms with Crippen molar-refractivity contribution in [1.82, 2.24) is 10.6 Å². The Kier molecular flexibility index (Phi) is 5.25. The number of aliphatic hydroxyl groups is 2. The highest BCUT2D eigenvalue weighted by molar-refractivity contribution is 5.79. The molecule has 0 amide bonds. The zero-order chi connectivity index (χ0) is 15.3. The summed E-state index contributed by atoms with van der Waals surface area (Å²) < 4.78 is 5.24. The molecule has 3 atom stereocenters. The van der Waals surface area contributed by atoms with Crippen molar-refractivity contribution in [3.05, 3.63) is 24.2 Å². The van der Waals surface area contributed by atoms with E-state index < -0.39 is 5.60 Å². The Hall–Kier alpha value is -1.53. The average Bonchev–Trinajstić information content (AvgIpc) is 3.11. The second kappa shape index (κ2) is 6.95. The molecule has 0 aromatic carbocycles. The van der Waals surface area contributed by atoms with Crippen LogP contribution in [0.5, 0.6) is 0 Å². The summed E-state index contributed by atoms with van der Waals surface area (Å²) >= 11 is 0. The Balaban J connectivity index is 1.80. The van der Waals surface area contributed by atoms with Gasteiger partial charge in [0.2, 0.25) is 0 Å². The summed E-state index contributed by atoms with van der Waals surface area (Å²) in [7, 11) is 1.68. The molecule has 1 aromatic rings. The van der Waals surface area contributed by atoms with Crippen molar-refractivity contribution in [3.8, 4) is 0 Å². The highest BCUT2D eigenvalue weighted by Gasteiger charge is 2.27. The largest absolute Gasteiger partial charge is 0.466 e. The van der Waals surface area contributed by atoms with Crippen LogP contribution in [0.15, 0.2) is 27.8 Å². The highest BCUT2D eigenvalue weighted by atomic mass is 16.4. The van der Waals surface area contributed by atoms with Crippen LogP contribution in [0.3, 0.4) is 0 Å². The lowest BCUT2D eigenvalue weighted by Gasteiger charge is -2.23. The van der Waals surface area contributed by atoms with Crippen LogP contribution in [0.2, 0.25) is 0 Å². The van der Waals surface area contributed by atoms with E-state index in [0.717, 1.165) is 19.3 Å². The first-order valence-electron chi connectivity index (χ1n) is 7.42. The van der Waals surface area contributed by atoms with E-state index in [9.17, 15) is 10.2 Å². The molecule has 6 heteroatoms. The minimum absolute atomic E-state index is 0.221. The molecule has 21 heavy (non-hydrogen) atoms. The summed E-state index contributed by atoms with van der Waals surface area (Å²) in [5.74, 6) is 1.40. The quantitative estimate of drug-likeness (QED) is 0.477. The molecule has 6 nitrogen and oxygen atoms in total. The summed E-state index contributed by atoms with van der Waals surface area (Å²) in [5, 5.41) is 26.4. The number of aliphatic imine (C=N–C) groups is 1. The van der Waals surface area contributed by atoms with E-state index >= 15 is 0 Å². The van der Waals surface area contributed by atoms with E-state index in [0.29, 0.717) is 18.3 Å². The number of nitrogens with one attached hydrogen (secondary N) is 2. The van der Waals surface area contributed by atoms with Crippen molar-refractivity contribution >= 4 is 5.96 Å². The maximum Gasteiger partial charge on any atom is 0.191 e. The SMILES string of the molecule is CN=C(NCC1CCCC1O)NCC(C)(O)c1ccco1. The molecular weight excluding hydrogens is 270 g/mol. The summed E-state index contributed by atoms with van der Waals surface area (Å²) in [6.07, 6.45) is 4.31. The lowest BCUT2D eigenvalue weighted by Crippen LogP contribution is -2.46. The predicted octanol–water partition coefficient (Wildman–Crippen LogP) is 0.813. The number of rotatable bonds is 5. The fourth-order valence-corrected chi connectivity index (χ4v) is 2.63. The topological polar surface area (TPSA) is 90.0 Å². The van der Waals surface area contributed by atoms with Crippen LogP contribution in [0.1, 0.15) is 31.9 Å². The molecule has 0 radical (unpaired) electrons. The van der Waals surface area contributed by atoms with E-state index in [1.165, 1.54) is 0 Å². The first-order valence-corrected chi connectivity index (χ1v) is 7.42. The van der Waals surface area contributed by atoms with Gasteiger partial charge >= 0.3 is 0 Å². The first kappa shape index (κ1) is 15.9. The van der Waals surface area contributed by atoms with Gasteiger partial charge < -0.3 is 25.3 Å². The summed E-state index contributed by atoms with van der Waals surface area (Å²) in [6.45, 7) is 2.66. The Morgan fingerprint density at radius 3 is 2.86 bits per heavy atom.